The van der Waals surface area contributed by atoms with E-state index in [1.165, 1.54) is 0 Å². The van der Waals surface area contributed by atoms with Gasteiger partial charge in [0.25, 0.3) is 0 Å². The van der Waals surface area contributed by atoms with E-state index in [1.54, 1.807) is 36.1 Å². The van der Waals surface area contributed by atoms with Gasteiger partial charge >= 0.3 is 5.97 Å². The Morgan fingerprint density at radius 2 is 2.24 bits per heavy atom. The van der Waals surface area contributed by atoms with Gasteiger partial charge in [0.15, 0.2) is 0 Å². The highest BCUT2D eigenvalue weighted by molar-refractivity contribution is 6.30. The summed E-state index contributed by atoms with van der Waals surface area (Å²) in [6.07, 6.45) is 0.714. The summed E-state index contributed by atoms with van der Waals surface area (Å²) in [7, 11) is 0. The van der Waals surface area contributed by atoms with Gasteiger partial charge in [0.2, 0.25) is 5.91 Å². The minimum Gasteiger partial charge on any atom is -0.493 e. The normalized spacial score (nSPS) is 21.3. The molecule has 1 aromatic rings. The third-order valence-electron chi connectivity index (χ3n) is 3.72. The predicted octanol–water partition coefficient (Wildman–Crippen LogP) is 2.43. The lowest BCUT2D eigenvalue weighted by Gasteiger charge is -2.20. The second kappa shape index (κ2) is 6.35. The van der Waals surface area contributed by atoms with E-state index in [0.717, 1.165) is 0 Å². The highest BCUT2D eigenvalue weighted by Crippen LogP contribution is 2.30. The van der Waals surface area contributed by atoms with Crippen LogP contribution >= 0.6 is 11.6 Å². The highest BCUT2D eigenvalue weighted by atomic mass is 35.5. The summed E-state index contributed by atoms with van der Waals surface area (Å²) in [4.78, 5) is 24.8. The second-order valence-corrected chi connectivity index (χ2v) is 5.92. The number of carboxylic acid groups (broad SMARTS) is 1. The quantitative estimate of drug-likeness (QED) is 0.907. The molecule has 1 heterocycles. The third-order valence-corrected chi connectivity index (χ3v) is 3.96. The van der Waals surface area contributed by atoms with Crippen LogP contribution in [0.4, 0.5) is 0 Å². The minimum atomic E-state index is -0.854. The first-order valence-corrected chi connectivity index (χ1v) is 7.18. The van der Waals surface area contributed by atoms with Gasteiger partial charge in [0.05, 0.1) is 18.4 Å². The number of carboxylic acids is 1. The summed E-state index contributed by atoms with van der Waals surface area (Å²) in [5, 5.41) is 9.73. The zero-order valence-corrected chi connectivity index (χ0v) is 12.6. The lowest BCUT2D eigenvalue weighted by atomic mass is 9.90. The Balaban J connectivity index is 1.79. The van der Waals surface area contributed by atoms with Crippen LogP contribution in [0.3, 0.4) is 0 Å². The summed E-state index contributed by atoms with van der Waals surface area (Å²) in [5.41, 5.74) is -0.830. The van der Waals surface area contributed by atoms with E-state index in [-0.39, 0.29) is 25.5 Å². The monoisotopic (exact) mass is 311 g/mol. The summed E-state index contributed by atoms with van der Waals surface area (Å²) in [5.74, 6) is -0.318. The van der Waals surface area contributed by atoms with E-state index >= 15 is 0 Å². The van der Waals surface area contributed by atoms with Crippen LogP contribution < -0.4 is 4.74 Å². The molecule has 2 rings (SSSR count). The van der Waals surface area contributed by atoms with Crippen molar-refractivity contribution in [3.8, 4) is 5.75 Å². The Labute approximate surface area is 128 Å². The van der Waals surface area contributed by atoms with Crippen LogP contribution in [0.15, 0.2) is 24.3 Å². The van der Waals surface area contributed by atoms with Gasteiger partial charge in [0, 0.05) is 18.1 Å². The van der Waals surface area contributed by atoms with E-state index in [1.807, 2.05) is 0 Å². The van der Waals surface area contributed by atoms with E-state index in [2.05, 4.69) is 0 Å². The predicted molar refractivity (Wildman–Crippen MR) is 78.5 cm³/mol. The van der Waals surface area contributed by atoms with Crippen molar-refractivity contribution in [3.05, 3.63) is 29.3 Å². The first-order chi connectivity index (χ1) is 9.90. The fourth-order valence-corrected chi connectivity index (χ4v) is 2.50. The fourth-order valence-electron chi connectivity index (χ4n) is 2.32. The standard InChI is InChI=1S/C15H18ClNO4/c1-15(14(19)20)6-7-17(10-15)13(18)5-8-21-12-4-2-3-11(16)9-12/h2-4,9H,5-8,10H2,1H3,(H,19,20)/t15-/m1/s1. The molecule has 5 nitrogen and oxygen atoms in total. The maximum atomic E-state index is 12.0. The number of nitrogens with zero attached hydrogens (tertiary/aromatic N) is 1. The number of halogens is 1. The molecular formula is C15H18ClNO4. The van der Waals surface area contributed by atoms with Crippen molar-refractivity contribution >= 4 is 23.5 Å². The molecule has 1 aliphatic heterocycles. The number of carbonyl (C=O) groups excluding carboxylic acids is 1. The Bertz CT molecular complexity index is 548. The maximum Gasteiger partial charge on any atom is 0.311 e. The molecule has 1 aliphatic rings. The van der Waals surface area contributed by atoms with Crippen molar-refractivity contribution in [1.29, 1.82) is 0 Å². The molecule has 1 N–H and O–H groups in total. The topological polar surface area (TPSA) is 66.8 Å². The molecule has 0 bridgehead atoms. The van der Waals surface area contributed by atoms with Crippen LogP contribution in [0, 0.1) is 5.41 Å². The van der Waals surface area contributed by atoms with Crippen molar-refractivity contribution < 1.29 is 19.4 Å². The first kappa shape index (κ1) is 15.6. The molecule has 1 atom stereocenters. The average molecular weight is 312 g/mol. The van der Waals surface area contributed by atoms with Crippen molar-refractivity contribution in [1.82, 2.24) is 4.90 Å². The Morgan fingerprint density at radius 1 is 1.48 bits per heavy atom. The smallest absolute Gasteiger partial charge is 0.311 e. The number of rotatable bonds is 5. The molecule has 0 unspecified atom stereocenters. The van der Waals surface area contributed by atoms with E-state index < -0.39 is 11.4 Å². The Morgan fingerprint density at radius 3 is 2.86 bits per heavy atom. The van der Waals surface area contributed by atoms with Crippen LogP contribution in [0.1, 0.15) is 19.8 Å². The zero-order valence-electron chi connectivity index (χ0n) is 11.8. The summed E-state index contributed by atoms with van der Waals surface area (Å²) in [6.45, 7) is 2.67. The number of benzene rings is 1. The van der Waals surface area contributed by atoms with Gasteiger partial charge in [-0.05, 0) is 31.5 Å². The molecule has 0 aromatic heterocycles. The molecule has 21 heavy (non-hydrogen) atoms. The van der Waals surface area contributed by atoms with Crippen molar-refractivity contribution in [2.75, 3.05) is 19.7 Å². The van der Waals surface area contributed by atoms with Crippen LogP contribution in [0.25, 0.3) is 0 Å². The van der Waals surface area contributed by atoms with Gasteiger partial charge in [-0.15, -0.1) is 0 Å². The SMILES string of the molecule is C[C@@]1(C(=O)O)CCN(C(=O)CCOc2cccc(Cl)c2)C1. The molecule has 0 saturated carbocycles. The number of hydrogen-bond acceptors (Lipinski definition) is 3. The third kappa shape index (κ3) is 3.88. The first-order valence-electron chi connectivity index (χ1n) is 6.80. The van der Waals surface area contributed by atoms with Crippen molar-refractivity contribution in [3.63, 3.8) is 0 Å². The van der Waals surface area contributed by atoms with Crippen molar-refractivity contribution in [2.24, 2.45) is 5.41 Å². The molecule has 0 radical (unpaired) electrons. The Hall–Kier alpha value is -1.75. The molecule has 0 spiro atoms. The lowest BCUT2D eigenvalue weighted by Crippen LogP contribution is -2.35. The van der Waals surface area contributed by atoms with Crippen LogP contribution in [-0.4, -0.2) is 41.6 Å². The maximum absolute atomic E-state index is 12.0. The molecule has 1 saturated heterocycles. The van der Waals surface area contributed by atoms with Gasteiger partial charge in [-0.25, -0.2) is 0 Å². The van der Waals surface area contributed by atoms with Gasteiger partial charge in [-0.2, -0.15) is 0 Å². The average Bonchev–Trinajstić information content (AvgIpc) is 2.83. The van der Waals surface area contributed by atoms with Crippen molar-refractivity contribution in [2.45, 2.75) is 19.8 Å². The zero-order chi connectivity index (χ0) is 15.5. The summed E-state index contributed by atoms with van der Waals surface area (Å²) < 4.78 is 5.47. The van der Waals surface area contributed by atoms with Gasteiger partial charge < -0.3 is 14.7 Å². The van der Waals surface area contributed by atoms with E-state index in [4.69, 9.17) is 21.4 Å². The number of aliphatic carboxylic acids is 1. The number of hydrogen-bond donors (Lipinski definition) is 1. The number of likely N-dealkylation sites (tertiary alicyclic amines) is 1. The molecule has 1 aromatic carbocycles. The fraction of sp³-hybridized carbons (Fsp3) is 0.467. The molecule has 0 aliphatic carbocycles. The largest absolute Gasteiger partial charge is 0.493 e. The summed E-state index contributed by atoms with van der Waals surface area (Å²) >= 11 is 5.84. The molecular weight excluding hydrogens is 294 g/mol. The highest BCUT2D eigenvalue weighted by Gasteiger charge is 2.41. The van der Waals surface area contributed by atoms with Crippen LogP contribution in [0.2, 0.25) is 5.02 Å². The van der Waals surface area contributed by atoms with E-state index in [9.17, 15) is 9.59 Å². The van der Waals surface area contributed by atoms with Gasteiger partial charge in [-0.3, -0.25) is 9.59 Å². The number of ether oxygens (including phenoxy) is 1. The molecule has 1 fully saturated rings. The Kier molecular flexibility index (Phi) is 4.73. The number of carbonyl (C=O) groups is 2. The number of amides is 1. The van der Waals surface area contributed by atoms with Gasteiger partial charge in [0.1, 0.15) is 5.75 Å². The molecule has 114 valence electrons. The van der Waals surface area contributed by atoms with Crippen LogP contribution in [-0.2, 0) is 9.59 Å². The van der Waals surface area contributed by atoms with Gasteiger partial charge in [-0.1, -0.05) is 17.7 Å². The van der Waals surface area contributed by atoms with E-state index in [0.29, 0.717) is 23.7 Å². The van der Waals surface area contributed by atoms with Crippen LogP contribution in [0.5, 0.6) is 5.75 Å². The second-order valence-electron chi connectivity index (χ2n) is 5.49. The summed E-state index contributed by atoms with van der Waals surface area (Å²) in [6, 6.07) is 6.98. The lowest BCUT2D eigenvalue weighted by molar-refractivity contribution is -0.147. The molecule has 1 amide bonds. The molecule has 6 heteroatoms. The minimum absolute atomic E-state index is 0.0815.